The minimum absolute atomic E-state index is 0.0709. The number of amidine groups is 1. The summed E-state index contributed by atoms with van der Waals surface area (Å²) in [6.07, 6.45) is 0.111. The summed E-state index contributed by atoms with van der Waals surface area (Å²) in [7, 11) is 0.00596. The summed E-state index contributed by atoms with van der Waals surface area (Å²) in [6, 6.07) is 12.9. The summed E-state index contributed by atoms with van der Waals surface area (Å²) in [6.45, 7) is 1.98. The number of rotatable bonds is 5. The largest absolute Gasteiger partial charge is 0.493 e. The van der Waals surface area contributed by atoms with Crippen molar-refractivity contribution >= 4 is 38.4 Å². The number of fused-ring (bicyclic) bond motifs is 1. The van der Waals surface area contributed by atoms with E-state index in [1.54, 1.807) is 32.4 Å². The Labute approximate surface area is 186 Å². The van der Waals surface area contributed by atoms with Crippen LogP contribution in [0.15, 0.2) is 47.5 Å². The molecule has 0 spiro atoms. The van der Waals surface area contributed by atoms with E-state index in [1.165, 1.54) is 11.8 Å². The highest BCUT2D eigenvalue weighted by atomic mass is 32.2. The average Bonchev–Trinajstić information content (AvgIpc) is 3.18. The van der Waals surface area contributed by atoms with Gasteiger partial charge < -0.3 is 14.4 Å². The van der Waals surface area contributed by atoms with Gasteiger partial charge in [-0.1, -0.05) is 30.0 Å². The number of amides is 1. The lowest BCUT2D eigenvalue weighted by atomic mass is 10.1. The molecule has 4 rings (SSSR count). The van der Waals surface area contributed by atoms with Crippen molar-refractivity contribution in [3.8, 4) is 11.5 Å². The van der Waals surface area contributed by atoms with Gasteiger partial charge in [0.1, 0.15) is 0 Å². The lowest BCUT2D eigenvalue weighted by Gasteiger charge is -2.24. The maximum absolute atomic E-state index is 12.8. The molecule has 2 aliphatic heterocycles. The van der Waals surface area contributed by atoms with Crippen molar-refractivity contribution in [2.24, 2.45) is 4.99 Å². The lowest BCUT2D eigenvalue weighted by Crippen LogP contribution is -2.37. The van der Waals surface area contributed by atoms with Gasteiger partial charge in [0.15, 0.2) is 26.5 Å². The molecule has 31 heavy (non-hydrogen) atoms. The number of hydrogen-bond donors (Lipinski definition) is 0. The number of hydrogen-bond acceptors (Lipinski definition) is 6. The van der Waals surface area contributed by atoms with Crippen LogP contribution in [0.3, 0.4) is 0 Å². The molecule has 2 saturated heterocycles. The zero-order valence-corrected chi connectivity index (χ0v) is 19.2. The second-order valence-corrected chi connectivity index (χ2v) is 11.0. The molecule has 0 aliphatic carbocycles. The number of sulfone groups is 1. The first-order valence-electron chi connectivity index (χ1n) is 9.85. The normalized spacial score (nSPS) is 23.1. The van der Waals surface area contributed by atoms with E-state index in [1.807, 2.05) is 36.1 Å². The van der Waals surface area contributed by atoms with Crippen LogP contribution in [-0.2, 0) is 21.1 Å². The van der Waals surface area contributed by atoms with Crippen molar-refractivity contribution in [3.63, 3.8) is 0 Å². The number of methoxy groups -OCH3 is 2. The molecule has 1 amide bonds. The van der Waals surface area contributed by atoms with E-state index >= 15 is 0 Å². The molecule has 0 aromatic heterocycles. The van der Waals surface area contributed by atoms with Crippen LogP contribution in [0, 0.1) is 6.92 Å². The predicted molar refractivity (Wildman–Crippen MR) is 123 cm³/mol. The van der Waals surface area contributed by atoms with Gasteiger partial charge in [-0.15, -0.1) is 0 Å². The van der Waals surface area contributed by atoms with Gasteiger partial charge in [0, 0.05) is 10.9 Å². The van der Waals surface area contributed by atoms with Crippen molar-refractivity contribution in [2.45, 2.75) is 24.6 Å². The van der Waals surface area contributed by atoms with Crippen LogP contribution in [-0.4, -0.2) is 56.5 Å². The van der Waals surface area contributed by atoms with Crippen molar-refractivity contribution in [1.29, 1.82) is 0 Å². The predicted octanol–water partition coefficient (Wildman–Crippen LogP) is 2.86. The van der Waals surface area contributed by atoms with Gasteiger partial charge in [-0.05, 0) is 42.3 Å². The lowest BCUT2D eigenvalue weighted by molar-refractivity contribution is -0.117. The van der Waals surface area contributed by atoms with Gasteiger partial charge in [0.2, 0.25) is 0 Å². The maximum Gasteiger partial charge on any atom is 0.252 e. The molecule has 2 heterocycles. The molecular formula is C22H24N2O5S2. The Balaban J connectivity index is 1.61. The Bertz CT molecular complexity index is 1150. The second kappa shape index (κ2) is 8.55. The Morgan fingerprint density at radius 3 is 2.61 bits per heavy atom. The van der Waals surface area contributed by atoms with Gasteiger partial charge in [-0.25, -0.2) is 8.42 Å². The smallest absolute Gasteiger partial charge is 0.252 e. The van der Waals surface area contributed by atoms with E-state index in [-0.39, 0.29) is 35.1 Å². The van der Waals surface area contributed by atoms with Crippen LogP contribution in [0.5, 0.6) is 11.5 Å². The van der Waals surface area contributed by atoms with Crippen LogP contribution in [0.25, 0.3) is 0 Å². The summed E-state index contributed by atoms with van der Waals surface area (Å²) in [5.41, 5.74) is 2.68. The third-order valence-electron chi connectivity index (χ3n) is 5.37. The SMILES string of the molecule is COc1ccc(CC(=O)N=C2S[C@H]3CS(=O)(=O)C[C@H]3N2c2cccc(C)c2)cc1OC. The first-order chi connectivity index (χ1) is 14.8. The van der Waals surface area contributed by atoms with Gasteiger partial charge in [0.25, 0.3) is 5.91 Å². The van der Waals surface area contributed by atoms with Crippen LogP contribution in [0.1, 0.15) is 11.1 Å². The molecule has 2 fully saturated rings. The fraction of sp³-hybridized carbons (Fsp3) is 0.364. The third kappa shape index (κ3) is 4.57. The molecule has 7 nitrogen and oxygen atoms in total. The monoisotopic (exact) mass is 460 g/mol. The van der Waals surface area contributed by atoms with Gasteiger partial charge >= 0.3 is 0 Å². The van der Waals surface area contributed by atoms with E-state index in [0.717, 1.165) is 16.8 Å². The Morgan fingerprint density at radius 2 is 1.90 bits per heavy atom. The molecule has 2 aromatic carbocycles. The molecule has 0 radical (unpaired) electrons. The second-order valence-electron chi connectivity index (χ2n) is 7.66. The Hall–Kier alpha value is -2.52. The number of nitrogens with zero attached hydrogens (tertiary/aromatic N) is 2. The van der Waals surface area contributed by atoms with E-state index in [9.17, 15) is 13.2 Å². The Morgan fingerprint density at radius 1 is 1.13 bits per heavy atom. The average molecular weight is 461 g/mol. The molecule has 164 valence electrons. The number of aryl methyl sites for hydroxylation is 1. The van der Waals surface area contributed by atoms with E-state index in [2.05, 4.69) is 4.99 Å². The standard InChI is InChI=1S/C22H24N2O5S2/c1-14-5-4-6-16(9-14)24-17-12-31(26,27)13-20(17)30-22(24)23-21(25)11-15-7-8-18(28-2)19(10-15)29-3/h4-10,17,20H,11-13H2,1-3H3/t17-,20+/m1/s1. The Kier molecular flexibility index (Phi) is 5.98. The fourth-order valence-corrected chi connectivity index (χ4v) is 7.89. The van der Waals surface area contributed by atoms with E-state index in [4.69, 9.17) is 9.47 Å². The molecule has 2 aromatic rings. The molecular weight excluding hydrogens is 436 g/mol. The number of carbonyl (C=O) groups excluding carboxylic acids is 1. The number of ether oxygens (including phenoxy) is 2. The van der Waals surface area contributed by atoms with Crippen molar-refractivity contribution < 1.29 is 22.7 Å². The number of anilines is 1. The van der Waals surface area contributed by atoms with Crippen molar-refractivity contribution in [1.82, 2.24) is 0 Å². The van der Waals surface area contributed by atoms with Crippen LogP contribution < -0.4 is 14.4 Å². The highest BCUT2D eigenvalue weighted by molar-refractivity contribution is 8.16. The molecule has 0 bridgehead atoms. The highest BCUT2D eigenvalue weighted by Crippen LogP contribution is 2.41. The van der Waals surface area contributed by atoms with Crippen molar-refractivity contribution in [3.05, 3.63) is 53.6 Å². The number of thioether (sulfide) groups is 1. The molecule has 9 heteroatoms. The molecule has 0 saturated carbocycles. The zero-order chi connectivity index (χ0) is 22.2. The molecule has 2 atom stereocenters. The van der Waals surface area contributed by atoms with Crippen LogP contribution >= 0.6 is 11.8 Å². The summed E-state index contributed by atoms with van der Waals surface area (Å²) < 4.78 is 34.9. The van der Waals surface area contributed by atoms with Gasteiger partial charge in [-0.3, -0.25) is 4.79 Å². The molecule has 0 N–H and O–H groups in total. The minimum atomic E-state index is -3.10. The molecule has 2 aliphatic rings. The fourth-order valence-electron chi connectivity index (χ4n) is 3.96. The topological polar surface area (TPSA) is 85.3 Å². The number of carbonyl (C=O) groups is 1. The summed E-state index contributed by atoms with van der Waals surface area (Å²) >= 11 is 1.38. The number of aliphatic imine (C=N–C) groups is 1. The third-order valence-corrected chi connectivity index (χ3v) is 8.58. The van der Waals surface area contributed by atoms with Gasteiger partial charge in [-0.2, -0.15) is 4.99 Å². The van der Waals surface area contributed by atoms with Crippen LogP contribution in [0.4, 0.5) is 5.69 Å². The summed E-state index contributed by atoms with van der Waals surface area (Å²) in [4.78, 5) is 19.1. The summed E-state index contributed by atoms with van der Waals surface area (Å²) in [5, 5.41) is 0.430. The minimum Gasteiger partial charge on any atom is -0.493 e. The van der Waals surface area contributed by atoms with E-state index in [0.29, 0.717) is 16.7 Å². The van der Waals surface area contributed by atoms with Crippen LogP contribution in [0.2, 0.25) is 0 Å². The summed E-state index contributed by atoms with van der Waals surface area (Å²) in [5.74, 6) is 1.03. The number of benzene rings is 2. The maximum atomic E-state index is 12.8. The highest BCUT2D eigenvalue weighted by Gasteiger charge is 2.49. The van der Waals surface area contributed by atoms with E-state index < -0.39 is 9.84 Å². The van der Waals surface area contributed by atoms with Gasteiger partial charge in [0.05, 0.1) is 38.2 Å². The first kappa shape index (κ1) is 21.7. The molecule has 0 unspecified atom stereocenters. The first-order valence-corrected chi connectivity index (χ1v) is 12.5. The zero-order valence-electron chi connectivity index (χ0n) is 17.6. The van der Waals surface area contributed by atoms with Crippen molar-refractivity contribution in [2.75, 3.05) is 30.6 Å². The quantitative estimate of drug-likeness (QED) is 0.678.